The van der Waals surface area contributed by atoms with E-state index in [-0.39, 0.29) is 5.78 Å². The Morgan fingerprint density at radius 3 is 2.82 bits per heavy atom. The molecule has 0 saturated heterocycles. The van der Waals surface area contributed by atoms with Crippen molar-refractivity contribution in [3.8, 4) is 0 Å². The van der Waals surface area contributed by atoms with Crippen molar-refractivity contribution in [2.75, 3.05) is 0 Å². The molecule has 0 aliphatic heterocycles. The summed E-state index contributed by atoms with van der Waals surface area (Å²) >= 11 is 3.29. The fourth-order valence-corrected chi connectivity index (χ4v) is 1.58. The Morgan fingerprint density at radius 2 is 2.45 bits per heavy atom. The molecule has 0 aromatic carbocycles. The van der Waals surface area contributed by atoms with Crippen LogP contribution in [0.5, 0.6) is 0 Å². The van der Waals surface area contributed by atoms with Crippen molar-refractivity contribution in [1.82, 2.24) is 9.78 Å². The number of Topliss-reactive ketones (excluding diaryl/α,β-unsaturated/α-hetero) is 1. The van der Waals surface area contributed by atoms with Gasteiger partial charge in [-0.05, 0) is 6.92 Å². The number of alkyl halides is 1. The lowest BCUT2D eigenvalue weighted by Gasteiger charge is -1.97. The molecule has 3 nitrogen and oxygen atoms in total. The molecule has 11 heavy (non-hydrogen) atoms. The Labute approximate surface area is 73.5 Å². The van der Waals surface area contributed by atoms with Crippen LogP contribution in [0.2, 0.25) is 0 Å². The molecular weight excluding hydrogens is 208 g/mol. The van der Waals surface area contributed by atoms with Crippen LogP contribution in [0, 0.1) is 0 Å². The molecule has 0 unspecified atom stereocenters. The van der Waals surface area contributed by atoms with E-state index in [1.165, 1.54) is 0 Å². The zero-order chi connectivity index (χ0) is 8.43. The second-order valence-electron chi connectivity index (χ2n) is 2.32. The van der Waals surface area contributed by atoms with Gasteiger partial charge in [0, 0.05) is 12.4 Å². The van der Waals surface area contributed by atoms with Crippen LogP contribution < -0.4 is 0 Å². The molecule has 1 aromatic heterocycles. The van der Waals surface area contributed by atoms with Crippen LogP contribution in [0.3, 0.4) is 0 Å². The Hall–Kier alpha value is -0.640. The number of rotatable bonds is 2. The predicted octanol–water partition coefficient (Wildman–Crippen LogP) is 1.52. The third-order valence-electron chi connectivity index (χ3n) is 1.57. The highest BCUT2D eigenvalue weighted by molar-refractivity contribution is 9.08. The van der Waals surface area contributed by atoms with Crippen LogP contribution in [0.15, 0.2) is 6.20 Å². The standard InChI is InChI=1S/C7H9BrN2O/c1-5(11)6-4-9-10(2)7(6)3-8/h4H,3H2,1-2H3. The highest BCUT2D eigenvalue weighted by Gasteiger charge is 2.09. The fourth-order valence-electron chi connectivity index (χ4n) is 0.915. The van der Waals surface area contributed by atoms with Gasteiger partial charge >= 0.3 is 0 Å². The summed E-state index contributed by atoms with van der Waals surface area (Å²) in [6.45, 7) is 1.54. The van der Waals surface area contributed by atoms with E-state index in [1.807, 2.05) is 7.05 Å². The monoisotopic (exact) mass is 216 g/mol. The van der Waals surface area contributed by atoms with Crippen molar-refractivity contribution in [2.24, 2.45) is 7.05 Å². The molecule has 1 aromatic rings. The lowest BCUT2D eigenvalue weighted by atomic mass is 10.2. The average Bonchev–Trinajstić information content (AvgIpc) is 2.30. The lowest BCUT2D eigenvalue weighted by molar-refractivity contribution is 0.101. The van der Waals surface area contributed by atoms with Gasteiger partial charge in [0.1, 0.15) is 0 Å². The van der Waals surface area contributed by atoms with Gasteiger partial charge in [-0.3, -0.25) is 9.48 Å². The van der Waals surface area contributed by atoms with Crippen LogP contribution in [0.25, 0.3) is 0 Å². The van der Waals surface area contributed by atoms with Crippen LogP contribution in [0.1, 0.15) is 23.0 Å². The quantitative estimate of drug-likeness (QED) is 0.556. The van der Waals surface area contributed by atoms with Gasteiger partial charge < -0.3 is 0 Å². The average molecular weight is 217 g/mol. The number of carbonyl (C=O) groups excluding carboxylic acids is 1. The van der Waals surface area contributed by atoms with Gasteiger partial charge in [-0.25, -0.2) is 0 Å². The number of halogens is 1. The lowest BCUT2D eigenvalue weighted by Crippen LogP contribution is -2.00. The maximum absolute atomic E-state index is 11.0. The second kappa shape index (κ2) is 3.17. The molecule has 1 heterocycles. The molecule has 0 atom stereocenters. The second-order valence-corrected chi connectivity index (χ2v) is 2.88. The number of aryl methyl sites for hydroxylation is 1. The first-order valence-electron chi connectivity index (χ1n) is 3.24. The molecular formula is C7H9BrN2O. The number of carbonyl (C=O) groups is 1. The fraction of sp³-hybridized carbons (Fsp3) is 0.429. The highest BCUT2D eigenvalue weighted by atomic mass is 79.9. The summed E-state index contributed by atoms with van der Waals surface area (Å²) in [5.74, 6) is 0.0625. The predicted molar refractivity (Wildman–Crippen MR) is 45.8 cm³/mol. The molecule has 0 fully saturated rings. The minimum absolute atomic E-state index is 0.0625. The number of ketones is 1. The molecule has 0 amide bonds. The Morgan fingerprint density at radius 1 is 1.82 bits per heavy atom. The topological polar surface area (TPSA) is 34.9 Å². The number of nitrogens with zero attached hydrogens (tertiary/aromatic N) is 2. The summed E-state index contributed by atoms with van der Waals surface area (Å²) in [5.41, 5.74) is 1.63. The van der Waals surface area contributed by atoms with Gasteiger partial charge in [0.05, 0.1) is 17.5 Å². The summed E-state index contributed by atoms with van der Waals surface area (Å²) in [4.78, 5) is 11.0. The normalized spacial score (nSPS) is 10.1. The van der Waals surface area contributed by atoms with Crippen molar-refractivity contribution >= 4 is 21.7 Å². The van der Waals surface area contributed by atoms with E-state index in [0.717, 1.165) is 5.69 Å². The van der Waals surface area contributed by atoms with Crippen molar-refractivity contribution in [1.29, 1.82) is 0 Å². The molecule has 0 saturated carbocycles. The van der Waals surface area contributed by atoms with Gasteiger partial charge in [-0.1, -0.05) is 15.9 Å². The number of hydrogen-bond acceptors (Lipinski definition) is 2. The summed E-state index contributed by atoms with van der Waals surface area (Å²) in [6, 6.07) is 0. The maximum Gasteiger partial charge on any atom is 0.163 e. The van der Waals surface area contributed by atoms with E-state index >= 15 is 0 Å². The van der Waals surface area contributed by atoms with Gasteiger partial charge in [0.25, 0.3) is 0 Å². The number of hydrogen-bond donors (Lipinski definition) is 0. The summed E-state index contributed by atoms with van der Waals surface area (Å²) in [5, 5.41) is 4.64. The molecule has 4 heteroatoms. The number of aromatic nitrogens is 2. The molecule has 0 bridgehead atoms. The van der Waals surface area contributed by atoms with Crippen molar-refractivity contribution in [3.63, 3.8) is 0 Å². The third-order valence-corrected chi connectivity index (χ3v) is 2.10. The van der Waals surface area contributed by atoms with Crippen LogP contribution in [0.4, 0.5) is 0 Å². The summed E-state index contributed by atoms with van der Waals surface area (Å²) in [7, 11) is 1.82. The molecule has 0 aliphatic carbocycles. The minimum atomic E-state index is 0.0625. The van der Waals surface area contributed by atoms with Crippen LogP contribution in [-0.2, 0) is 12.4 Å². The van der Waals surface area contributed by atoms with Crippen molar-refractivity contribution in [3.05, 3.63) is 17.5 Å². The first-order valence-corrected chi connectivity index (χ1v) is 4.36. The van der Waals surface area contributed by atoms with Crippen molar-refractivity contribution < 1.29 is 4.79 Å². The molecule has 0 spiro atoms. The zero-order valence-electron chi connectivity index (χ0n) is 6.47. The van der Waals surface area contributed by atoms with Crippen LogP contribution >= 0.6 is 15.9 Å². The van der Waals surface area contributed by atoms with Gasteiger partial charge in [0.2, 0.25) is 0 Å². The van der Waals surface area contributed by atoms with Gasteiger partial charge in [-0.2, -0.15) is 5.10 Å². The minimum Gasteiger partial charge on any atom is -0.294 e. The molecule has 0 N–H and O–H groups in total. The van der Waals surface area contributed by atoms with E-state index in [9.17, 15) is 4.79 Å². The third kappa shape index (κ3) is 1.50. The molecule has 1 rings (SSSR count). The molecule has 60 valence electrons. The van der Waals surface area contributed by atoms with E-state index < -0.39 is 0 Å². The largest absolute Gasteiger partial charge is 0.294 e. The SMILES string of the molecule is CC(=O)c1cnn(C)c1CBr. The maximum atomic E-state index is 11.0. The van der Waals surface area contributed by atoms with Gasteiger partial charge in [0.15, 0.2) is 5.78 Å². The van der Waals surface area contributed by atoms with Gasteiger partial charge in [-0.15, -0.1) is 0 Å². The summed E-state index contributed by atoms with van der Waals surface area (Å²) < 4.78 is 1.70. The van der Waals surface area contributed by atoms with E-state index in [4.69, 9.17) is 0 Å². The van der Waals surface area contributed by atoms with E-state index in [1.54, 1.807) is 17.8 Å². The first-order chi connectivity index (χ1) is 5.16. The Kier molecular flexibility index (Phi) is 2.44. The molecule has 0 radical (unpaired) electrons. The smallest absolute Gasteiger partial charge is 0.163 e. The highest BCUT2D eigenvalue weighted by Crippen LogP contribution is 2.11. The molecule has 0 aliphatic rings. The first kappa shape index (κ1) is 8.46. The Bertz CT molecular complexity index is 280. The van der Waals surface area contributed by atoms with E-state index in [2.05, 4.69) is 21.0 Å². The van der Waals surface area contributed by atoms with E-state index in [0.29, 0.717) is 10.9 Å². The zero-order valence-corrected chi connectivity index (χ0v) is 8.05. The summed E-state index contributed by atoms with van der Waals surface area (Å²) in [6.07, 6.45) is 1.60. The Balaban J connectivity index is 3.15. The van der Waals surface area contributed by atoms with Crippen LogP contribution in [-0.4, -0.2) is 15.6 Å². The van der Waals surface area contributed by atoms with Crippen molar-refractivity contribution in [2.45, 2.75) is 12.3 Å².